The number of likely N-dealkylation sites (tertiary alicyclic amines) is 1. The fourth-order valence-corrected chi connectivity index (χ4v) is 2.39. The van der Waals surface area contributed by atoms with Crippen molar-refractivity contribution in [2.24, 2.45) is 5.41 Å². The fourth-order valence-electron chi connectivity index (χ4n) is 2.39. The van der Waals surface area contributed by atoms with E-state index in [0.717, 1.165) is 0 Å². The van der Waals surface area contributed by atoms with E-state index in [1.807, 2.05) is 6.92 Å². The third-order valence-corrected chi connectivity index (χ3v) is 3.74. The Balaban J connectivity index is 2.17. The van der Waals surface area contributed by atoms with Crippen LogP contribution in [0.15, 0.2) is 18.5 Å². The molecule has 1 aliphatic rings. The molecule has 19 heavy (non-hydrogen) atoms. The number of carboxylic acid groups (broad SMARTS) is 1. The summed E-state index contributed by atoms with van der Waals surface area (Å²) < 4.78 is 0. The first-order chi connectivity index (χ1) is 8.98. The lowest BCUT2D eigenvalue weighted by atomic mass is 9.84. The number of aliphatic carboxylic acids is 1. The van der Waals surface area contributed by atoms with Gasteiger partial charge in [-0.1, -0.05) is 6.92 Å². The van der Waals surface area contributed by atoms with Crippen LogP contribution in [0.2, 0.25) is 0 Å². The maximum Gasteiger partial charge on any atom is 0.311 e. The number of nitrogens with zero attached hydrogens (tertiary/aromatic N) is 2. The number of pyridine rings is 1. The zero-order chi connectivity index (χ0) is 14.0. The quantitative estimate of drug-likeness (QED) is 0.853. The summed E-state index contributed by atoms with van der Waals surface area (Å²) in [6.07, 6.45) is 3.56. The van der Waals surface area contributed by atoms with E-state index in [-0.39, 0.29) is 23.8 Å². The largest absolute Gasteiger partial charge is 0.506 e. The molecule has 1 aromatic rings. The van der Waals surface area contributed by atoms with Crippen LogP contribution in [0.5, 0.6) is 5.75 Å². The van der Waals surface area contributed by atoms with Gasteiger partial charge in [-0.25, -0.2) is 0 Å². The van der Waals surface area contributed by atoms with Crippen molar-refractivity contribution in [3.63, 3.8) is 0 Å². The highest BCUT2D eigenvalue weighted by atomic mass is 16.4. The van der Waals surface area contributed by atoms with Crippen LogP contribution in [0.1, 0.15) is 30.1 Å². The standard InChI is InChI=1S/C13H16N2O4/c1-2-13(12(18)19)3-4-15(8-13)11(17)9-5-10(16)7-14-6-9/h5-7,16H,2-4,8H2,1H3,(H,18,19). The first-order valence-electron chi connectivity index (χ1n) is 6.15. The van der Waals surface area contributed by atoms with Crippen LogP contribution in [0.25, 0.3) is 0 Å². The molecule has 0 aliphatic carbocycles. The third kappa shape index (κ3) is 2.38. The summed E-state index contributed by atoms with van der Waals surface area (Å²) in [4.78, 5) is 28.8. The number of aromatic hydroxyl groups is 1. The summed E-state index contributed by atoms with van der Waals surface area (Å²) in [5, 5.41) is 18.6. The second-order valence-corrected chi connectivity index (χ2v) is 4.85. The molecule has 1 saturated heterocycles. The van der Waals surface area contributed by atoms with Crippen LogP contribution in [-0.2, 0) is 4.79 Å². The number of hydrogen-bond donors (Lipinski definition) is 2. The molecule has 6 nitrogen and oxygen atoms in total. The number of amides is 1. The zero-order valence-corrected chi connectivity index (χ0v) is 10.7. The predicted molar refractivity (Wildman–Crippen MR) is 66.8 cm³/mol. The van der Waals surface area contributed by atoms with Gasteiger partial charge in [0.2, 0.25) is 0 Å². The smallest absolute Gasteiger partial charge is 0.311 e. The molecule has 1 fully saturated rings. The van der Waals surface area contributed by atoms with E-state index in [2.05, 4.69) is 4.98 Å². The van der Waals surface area contributed by atoms with Gasteiger partial charge in [0.1, 0.15) is 5.75 Å². The van der Waals surface area contributed by atoms with Gasteiger partial charge in [-0.15, -0.1) is 0 Å². The topological polar surface area (TPSA) is 90.7 Å². The summed E-state index contributed by atoms with van der Waals surface area (Å²) in [5.41, 5.74) is -0.572. The Morgan fingerprint density at radius 3 is 2.74 bits per heavy atom. The number of carboxylic acids is 1. The number of carbonyl (C=O) groups is 2. The Labute approximate surface area is 110 Å². The lowest BCUT2D eigenvalue weighted by Crippen LogP contribution is -2.36. The molecule has 0 aromatic carbocycles. The number of rotatable bonds is 3. The van der Waals surface area contributed by atoms with Gasteiger partial charge in [0.05, 0.1) is 17.2 Å². The van der Waals surface area contributed by atoms with Crippen LogP contribution in [-0.4, -0.2) is 45.1 Å². The van der Waals surface area contributed by atoms with Crippen molar-refractivity contribution in [1.29, 1.82) is 0 Å². The maximum atomic E-state index is 12.2. The van der Waals surface area contributed by atoms with Gasteiger partial charge in [0, 0.05) is 19.3 Å². The minimum Gasteiger partial charge on any atom is -0.506 e. The van der Waals surface area contributed by atoms with E-state index in [9.17, 15) is 19.8 Å². The van der Waals surface area contributed by atoms with Gasteiger partial charge in [-0.2, -0.15) is 0 Å². The fraction of sp³-hybridized carbons (Fsp3) is 0.462. The highest BCUT2D eigenvalue weighted by molar-refractivity contribution is 5.95. The summed E-state index contributed by atoms with van der Waals surface area (Å²) in [5.74, 6) is -1.23. The van der Waals surface area contributed by atoms with Crippen molar-refractivity contribution >= 4 is 11.9 Å². The van der Waals surface area contributed by atoms with Crippen LogP contribution in [0.3, 0.4) is 0 Å². The molecule has 2 heterocycles. The van der Waals surface area contributed by atoms with Crippen molar-refractivity contribution < 1.29 is 19.8 Å². The van der Waals surface area contributed by atoms with E-state index >= 15 is 0 Å². The zero-order valence-electron chi connectivity index (χ0n) is 10.7. The highest BCUT2D eigenvalue weighted by Gasteiger charge is 2.44. The average Bonchev–Trinajstić information content (AvgIpc) is 2.83. The Morgan fingerprint density at radius 1 is 1.47 bits per heavy atom. The lowest BCUT2D eigenvalue weighted by molar-refractivity contribution is -0.148. The first kappa shape index (κ1) is 13.3. The van der Waals surface area contributed by atoms with E-state index in [1.165, 1.54) is 23.4 Å². The second-order valence-electron chi connectivity index (χ2n) is 4.85. The van der Waals surface area contributed by atoms with Crippen LogP contribution < -0.4 is 0 Å². The molecule has 0 saturated carbocycles. The van der Waals surface area contributed by atoms with Crippen LogP contribution in [0.4, 0.5) is 0 Å². The third-order valence-electron chi connectivity index (χ3n) is 3.74. The molecule has 2 N–H and O–H groups in total. The molecule has 1 aliphatic heterocycles. The Kier molecular flexibility index (Phi) is 3.42. The molecule has 102 valence electrons. The van der Waals surface area contributed by atoms with Crippen molar-refractivity contribution in [3.8, 4) is 5.75 Å². The van der Waals surface area contributed by atoms with Crippen molar-refractivity contribution in [2.75, 3.05) is 13.1 Å². The Morgan fingerprint density at radius 2 is 2.21 bits per heavy atom. The molecule has 1 amide bonds. The molecule has 1 aromatic heterocycles. The van der Waals surface area contributed by atoms with Gasteiger partial charge in [-0.05, 0) is 18.9 Å². The minimum absolute atomic E-state index is 0.0787. The number of hydrogen-bond acceptors (Lipinski definition) is 4. The molecular weight excluding hydrogens is 248 g/mol. The molecule has 6 heteroatoms. The van der Waals surface area contributed by atoms with Crippen LogP contribution in [0, 0.1) is 5.41 Å². The van der Waals surface area contributed by atoms with Gasteiger partial charge < -0.3 is 15.1 Å². The summed E-state index contributed by atoms with van der Waals surface area (Å²) in [6.45, 7) is 2.43. The molecular formula is C13H16N2O4. The molecule has 2 rings (SSSR count). The summed E-state index contributed by atoms with van der Waals surface area (Å²) >= 11 is 0. The first-order valence-corrected chi connectivity index (χ1v) is 6.15. The average molecular weight is 264 g/mol. The van der Waals surface area contributed by atoms with Crippen molar-refractivity contribution in [2.45, 2.75) is 19.8 Å². The van der Waals surface area contributed by atoms with E-state index < -0.39 is 11.4 Å². The van der Waals surface area contributed by atoms with Gasteiger partial charge >= 0.3 is 5.97 Å². The monoisotopic (exact) mass is 264 g/mol. The normalized spacial score (nSPS) is 22.5. The van der Waals surface area contributed by atoms with Gasteiger partial charge in [0.15, 0.2) is 0 Å². The molecule has 1 unspecified atom stereocenters. The maximum absolute atomic E-state index is 12.2. The van der Waals surface area contributed by atoms with Crippen molar-refractivity contribution in [1.82, 2.24) is 9.88 Å². The molecule has 1 atom stereocenters. The number of carbonyl (C=O) groups excluding carboxylic acids is 1. The lowest BCUT2D eigenvalue weighted by Gasteiger charge is -2.23. The SMILES string of the molecule is CCC1(C(=O)O)CCN(C(=O)c2cncc(O)c2)C1. The Hall–Kier alpha value is -2.11. The molecule has 0 radical (unpaired) electrons. The molecule has 0 spiro atoms. The van der Waals surface area contributed by atoms with Crippen LogP contribution >= 0.6 is 0 Å². The summed E-state index contributed by atoms with van der Waals surface area (Å²) in [6, 6.07) is 1.34. The van der Waals surface area contributed by atoms with E-state index in [4.69, 9.17) is 0 Å². The van der Waals surface area contributed by atoms with Gasteiger partial charge in [-0.3, -0.25) is 14.6 Å². The molecule has 0 bridgehead atoms. The Bertz CT molecular complexity index is 517. The minimum atomic E-state index is -0.862. The predicted octanol–water partition coefficient (Wildman–Crippen LogP) is 1.11. The number of aromatic nitrogens is 1. The van der Waals surface area contributed by atoms with E-state index in [0.29, 0.717) is 19.4 Å². The summed E-state index contributed by atoms with van der Waals surface area (Å²) in [7, 11) is 0. The van der Waals surface area contributed by atoms with Gasteiger partial charge in [0.25, 0.3) is 5.91 Å². The van der Waals surface area contributed by atoms with Crippen molar-refractivity contribution in [3.05, 3.63) is 24.0 Å². The highest BCUT2D eigenvalue weighted by Crippen LogP contribution is 2.34. The van der Waals surface area contributed by atoms with E-state index in [1.54, 1.807) is 0 Å². The second kappa shape index (κ2) is 4.87.